The topological polar surface area (TPSA) is 84.0 Å². The zero-order chi connectivity index (χ0) is 31.5. The van der Waals surface area contributed by atoms with Crippen molar-refractivity contribution in [2.24, 2.45) is 17.8 Å². The molecule has 2 aliphatic heterocycles. The fourth-order valence-electron chi connectivity index (χ4n) is 6.92. The van der Waals surface area contributed by atoms with Crippen LogP contribution in [0.1, 0.15) is 12.0 Å². The lowest BCUT2D eigenvalue weighted by atomic mass is 9.84. The van der Waals surface area contributed by atoms with E-state index in [-0.39, 0.29) is 40.4 Å². The van der Waals surface area contributed by atoms with Crippen molar-refractivity contribution >= 4 is 115 Å². The maximum absolute atomic E-state index is 13.7. The molecule has 0 aromatic heterocycles. The molecule has 0 unspecified atom stereocenters. The molecule has 2 aliphatic carbocycles. The second-order valence-electron chi connectivity index (χ2n) is 11.4. The van der Waals surface area contributed by atoms with Gasteiger partial charge in [0.05, 0.1) is 39.2 Å². The summed E-state index contributed by atoms with van der Waals surface area (Å²) in [4.78, 5) is 52.3. The van der Waals surface area contributed by atoms with Crippen LogP contribution in [-0.2, 0) is 19.2 Å². The number of carbonyl (C=O) groups is 4. The maximum atomic E-state index is 13.7. The lowest BCUT2D eigenvalue weighted by molar-refractivity contribution is -0.139. The summed E-state index contributed by atoms with van der Waals surface area (Å²) in [6.07, 6.45) is 0.000813. The Hall–Kier alpha value is -2.52. The second kappa shape index (κ2) is 9.99. The van der Waals surface area contributed by atoms with Crippen molar-refractivity contribution in [1.82, 2.24) is 0 Å². The molecule has 3 fully saturated rings. The van der Waals surface area contributed by atoms with Crippen molar-refractivity contribution < 1.29 is 23.9 Å². The summed E-state index contributed by atoms with van der Waals surface area (Å²) in [5.74, 6) is -5.15. The van der Waals surface area contributed by atoms with Gasteiger partial charge >= 0.3 is 5.97 Å². The van der Waals surface area contributed by atoms with Crippen LogP contribution in [0, 0.1) is 24.7 Å². The number of rotatable bonds is 4. The molecule has 3 aromatic rings. The van der Waals surface area contributed by atoms with Crippen molar-refractivity contribution in [3.63, 3.8) is 0 Å². The average Bonchev–Trinajstić information content (AvgIpc) is 3.58. The van der Waals surface area contributed by atoms with Crippen molar-refractivity contribution in [2.45, 2.75) is 27.4 Å². The fourth-order valence-corrected chi connectivity index (χ4v) is 9.85. The van der Waals surface area contributed by atoms with Gasteiger partial charge < -0.3 is 9.64 Å². The Balaban J connectivity index is 1.11. The first-order chi connectivity index (χ1) is 20.7. The van der Waals surface area contributed by atoms with E-state index >= 15 is 0 Å². The second-order valence-corrected chi connectivity index (χ2v) is 14.6. The quantitative estimate of drug-likeness (QED) is 0.125. The first-order valence-electron chi connectivity index (χ1n) is 13.5. The number of benzene rings is 3. The Kier molecular flexibility index (Phi) is 6.84. The molecule has 7 nitrogen and oxygen atoms in total. The summed E-state index contributed by atoms with van der Waals surface area (Å²) in [5.41, 5.74) is 1.41. The zero-order valence-corrected chi connectivity index (χ0v) is 27.2. The molecule has 2 bridgehead atoms. The number of anilines is 2. The summed E-state index contributed by atoms with van der Waals surface area (Å²) < 4.78 is 3.63. The van der Waals surface area contributed by atoms with Gasteiger partial charge in [-0.3, -0.25) is 19.2 Å². The van der Waals surface area contributed by atoms with E-state index in [4.69, 9.17) is 74.3 Å². The highest BCUT2D eigenvalue weighted by Gasteiger charge is 2.87. The number of ether oxygens (including phenoxy) is 1. The van der Waals surface area contributed by atoms with Crippen LogP contribution in [-0.4, -0.2) is 44.3 Å². The number of allylic oxidation sites excluding steroid dienone is 2. The molecule has 44 heavy (non-hydrogen) atoms. The van der Waals surface area contributed by atoms with E-state index in [9.17, 15) is 19.2 Å². The molecule has 1 saturated carbocycles. The highest BCUT2D eigenvalue weighted by Crippen LogP contribution is 2.77. The van der Waals surface area contributed by atoms with Gasteiger partial charge in [0, 0.05) is 18.4 Å². The molecule has 13 heteroatoms. The molecule has 4 aliphatic rings. The van der Waals surface area contributed by atoms with E-state index in [1.54, 1.807) is 11.8 Å². The van der Waals surface area contributed by atoms with E-state index in [1.165, 1.54) is 18.2 Å². The van der Waals surface area contributed by atoms with Gasteiger partial charge in [-0.1, -0.05) is 82.8 Å². The highest BCUT2D eigenvalue weighted by molar-refractivity contribution is 6.67. The summed E-state index contributed by atoms with van der Waals surface area (Å²) in [6, 6.07) is 17.9. The molecular weight excluding hydrogens is 693 g/mol. The molecule has 3 aromatic carbocycles. The first-order valence-corrected chi connectivity index (χ1v) is 15.8. The number of alkyl halides is 4. The number of esters is 1. The van der Waals surface area contributed by atoms with Crippen LogP contribution in [0.2, 0.25) is 0 Å². The van der Waals surface area contributed by atoms with Crippen molar-refractivity contribution in [1.29, 1.82) is 0 Å². The van der Waals surface area contributed by atoms with E-state index in [1.807, 2.05) is 42.5 Å². The van der Waals surface area contributed by atoms with Crippen molar-refractivity contribution in [2.75, 3.05) is 16.3 Å². The van der Waals surface area contributed by atoms with Gasteiger partial charge in [0.25, 0.3) is 0 Å². The average molecular weight is 713 g/mol. The zero-order valence-electron chi connectivity index (χ0n) is 22.6. The SMILES string of the molecule is Cc1cc(OC(=O)[C@@H]2CC(=O)N(c3cccc4ccccc34)C2)ccc1N1C(=O)[C@H]2[C@H](C1=O)[C@@]1(Cl)C(Cl)=C(Cl)[C@@]2(Cl)C1(Cl)Cl. The van der Waals surface area contributed by atoms with E-state index in [0.717, 1.165) is 21.4 Å². The number of amides is 3. The van der Waals surface area contributed by atoms with Gasteiger partial charge in [0.15, 0.2) is 4.33 Å². The number of imide groups is 1. The molecule has 0 N–H and O–H groups in total. The Bertz CT molecular complexity index is 1830. The molecule has 226 valence electrons. The standard InChI is InChI=1S/C31H20Cl6N2O5/c1-14-11-17(44-28(43)16-12-21(40)38(13-16)20-8-4-6-15-5-2-3-7-18(15)20)9-10-19(14)39-26(41)22-23(27(39)42)30(35)25(33)24(32)29(22,34)31(30,36)37/h2-11,16,22-23H,12-13H2,1H3/t16-,22-,23-,29-,30-/m1/s1. The minimum Gasteiger partial charge on any atom is -0.426 e. The normalized spacial score (nSPS) is 30.6. The maximum Gasteiger partial charge on any atom is 0.316 e. The minimum absolute atomic E-state index is 0.000813. The van der Waals surface area contributed by atoms with Crippen LogP contribution in [0.15, 0.2) is 70.7 Å². The first kappa shape index (κ1) is 30.2. The Morgan fingerprint density at radius 1 is 0.841 bits per heavy atom. The summed E-state index contributed by atoms with van der Waals surface area (Å²) in [6.45, 7) is 1.82. The number of aryl methyl sites for hydroxylation is 1. The Morgan fingerprint density at radius 3 is 2.09 bits per heavy atom. The van der Waals surface area contributed by atoms with E-state index < -0.39 is 49.6 Å². The van der Waals surface area contributed by atoms with Crippen LogP contribution >= 0.6 is 69.6 Å². The number of fused-ring (bicyclic) bond motifs is 6. The van der Waals surface area contributed by atoms with Gasteiger partial charge in [-0.15, -0.1) is 23.2 Å². The minimum atomic E-state index is -2.03. The Morgan fingerprint density at radius 2 is 1.45 bits per heavy atom. The molecule has 3 amide bonds. The highest BCUT2D eigenvalue weighted by atomic mass is 35.5. The van der Waals surface area contributed by atoms with Crippen molar-refractivity contribution in [3.05, 3.63) is 76.3 Å². The Labute approximate surface area is 281 Å². The van der Waals surface area contributed by atoms with Gasteiger partial charge in [-0.05, 0) is 42.1 Å². The summed E-state index contributed by atoms with van der Waals surface area (Å²) in [7, 11) is 0. The number of hydrogen-bond donors (Lipinski definition) is 0. The summed E-state index contributed by atoms with van der Waals surface area (Å²) in [5, 5.41) is 1.55. The largest absolute Gasteiger partial charge is 0.426 e. The lowest BCUT2D eigenvalue weighted by Gasteiger charge is -2.34. The number of hydrogen-bond acceptors (Lipinski definition) is 5. The van der Waals surface area contributed by atoms with Gasteiger partial charge in [0.2, 0.25) is 17.7 Å². The number of nitrogens with zero attached hydrogens (tertiary/aromatic N) is 2. The van der Waals surface area contributed by atoms with Crippen LogP contribution in [0.5, 0.6) is 5.75 Å². The molecule has 7 rings (SSSR count). The number of carbonyl (C=O) groups excluding carboxylic acids is 4. The van der Waals surface area contributed by atoms with Crippen molar-refractivity contribution in [3.8, 4) is 5.75 Å². The molecular formula is C31H20Cl6N2O5. The van der Waals surface area contributed by atoms with Crippen LogP contribution in [0.25, 0.3) is 10.8 Å². The van der Waals surface area contributed by atoms with Crippen LogP contribution in [0.4, 0.5) is 11.4 Å². The van der Waals surface area contributed by atoms with E-state index in [2.05, 4.69) is 0 Å². The lowest BCUT2D eigenvalue weighted by Crippen LogP contribution is -2.50. The summed E-state index contributed by atoms with van der Waals surface area (Å²) >= 11 is 39.5. The number of halogens is 6. The monoisotopic (exact) mass is 710 g/mol. The smallest absolute Gasteiger partial charge is 0.316 e. The van der Waals surface area contributed by atoms with Gasteiger partial charge in [-0.2, -0.15) is 0 Å². The third-order valence-electron chi connectivity index (χ3n) is 9.05. The van der Waals surface area contributed by atoms with Crippen LogP contribution < -0.4 is 14.5 Å². The predicted molar refractivity (Wildman–Crippen MR) is 171 cm³/mol. The predicted octanol–water partition coefficient (Wildman–Crippen LogP) is 7.06. The third-order valence-corrected chi connectivity index (χ3v) is 13.3. The molecule has 2 heterocycles. The third kappa shape index (κ3) is 3.71. The molecule has 2 saturated heterocycles. The van der Waals surface area contributed by atoms with Gasteiger partial charge in [0.1, 0.15) is 15.5 Å². The molecule has 5 atom stereocenters. The van der Waals surface area contributed by atoms with Gasteiger partial charge in [-0.25, -0.2) is 4.90 Å². The van der Waals surface area contributed by atoms with E-state index in [0.29, 0.717) is 5.56 Å². The molecule has 0 radical (unpaired) electrons. The molecule has 0 spiro atoms. The van der Waals surface area contributed by atoms with Crippen LogP contribution in [0.3, 0.4) is 0 Å². The fraction of sp³-hybridized carbons (Fsp3) is 0.290.